The number of hydrogen-bond acceptors (Lipinski definition) is 5. The van der Waals surface area contributed by atoms with Crippen molar-refractivity contribution >= 4 is 13.0 Å². The molecule has 1 aromatic heterocycles. The molecule has 6 nitrogen and oxygen atoms in total. The monoisotopic (exact) mass is 459 g/mol. The van der Waals surface area contributed by atoms with Gasteiger partial charge in [0.2, 0.25) is 0 Å². The molecule has 0 fully saturated rings. The summed E-state index contributed by atoms with van der Waals surface area (Å²) in [6.07, 6.45) is 13.0. The van der Waals surface area contributed by atoms with Crippen molar-refractivity contribution in [2.24, 2.45) is 0 Å². The normalized spacial score (nSPS) is 12.9. The van der Waals surface area contributed by atoms with Crippen molar-refractivity contribution in [3.05, 3.63) is 11.8 Å². The first kappa shape index (κ1) is 28.4. The minimum atomic E-state index is -3.49. The molecule has 0 aliphatic heterocycles. The Hall–Kier alpha value is -0.680. The van der Waals surface area contributed by atoms with Crippen LogP contribution in [0, 0.1) is 0 Å². The predicted octanol–water partition coefficient (Wildman–Crippen LogP) is 6.84. The highest BCUT2D eigenvalue weighted by atomic mass is 31.2. The Morgan fingerprint density at radius 2 is 1.39 bits per heavy atom. The summed E-state index contributed by atoms with van der Waals surface area (Å²) in [7, 11) is 0.912. The molecule has 7 heteroatoms. The van der Waals surface area contributed by atoms with E-state index >= 15 is 0 Å². The Morgan fingerprint density at radius 1 is 0.903 bits per heavy atom. The molecule has 0 radical (unpaired) electrons. The van der Waals surface area contributed by atoms with E-state index in [4.69, 9.17) is 13.6 Å². The van der Waals surface area contributed by atoms with Crippen LogP contribution in [0.2, 0.25) is 0 Å². The zero-order valence-corrected chi connectivity index (χ0v) is 22.1. The molecule has 0 spiro atoms. The molecular formula is C24H48N2O4P+. The lowest BCUT2D eigenvalue weighted by Gasteiger charge is -2.28. The zero-order chi connectivity index (χ0) is 23.3. The first-order valence-electron chi connectivity index (χ1n) is 12.3. The van der Waals surface area contributed by atoms with Crippen LogP contribution in [0.5, 0.6) is 0 Å². The highest BCUT2D eigenvalue weighted by molar-refractivity contribution is 7.61. The Kier molecular flexibility index (Phi) is 13.2. The largest absolute Gasteiger partial charge is 0.383 e. The summed E-state index contributed by atoms with van der Waals surface area (Å²) in [4.78, 5) is 0. The van der Waals surface area contributed by atoms with Gasteiger partial charge in [0.1, 0.15) is 6.54 Å². The summed E-state index contributed by atoms with van der Waals surface area (Å²) in [6.45, 7) is 11.4. The topological polar surface area (TPSA) is 61.6 Å². The van der Waals surface area contributed by atoms with E-state index in [0.29, 0.717) is 12.3 Å². The Balaban J connectivity index is 2.43. The van der Waals surface area contributed by atoms with Crippen LogP contribution in [0.4, 0.5) is 0 Å². The van der Waals surface area contributed by atoms with Crippen LogP contribution in [0.15, 0.2) is 10.6 Å². The summed E-state index contributed by atoms with van der Waals surface area (Å²) in [6, 6.07) is 1.74. The molecule has 0 aliphatic carbocycles. The quantitative estimate of drug-likeness (QED) is 0.137. The van der Waals surface area contributed by atoms with E-state index in [1.807, 2.05) is 27.7 Å². The molecule has 0 aliphatic rings. The van der Waals surface area contributed by atoms with Crippen molar-refractivity contribution in [2.75, 3.05) is 20.6 Å². The third-order valence-electron chi connectivity index (χ3n) is 5.23. The second-order valence-corrected chi connectivity index (χ2v) is 11.8. The maximum atomic E-state index is 13.2. The van der Waals surface area contributed by atoms with E-state index in [2.05, 4.69) is 26.2 Å². The van der Waals surface area contributed by atoms with Gasteiger partial charge >= 0.3 is 7.60 Å². The molecule has 0 N–H and O–H groups in total. The maximum absolute atomic E-state index is 13.2. The lowest BCUT2D eigenvalue weighted by molar-refractivity contribution is -0.904. The van der Waals surface area contributed by atoms with Crippen molar-refractivity contribution in [1.82, 2.24) is 5.16 Å². The van der Waals surface area contributed by atoms with Gasteiger partial charge in [-0.3, -0.25) is 4.57 Å². The van der Waals surface area contributed by atoms with Crippen molar-refractivity contribution in [3.8, 4) is 0 Å². The van der Waals surface area contributed by atoms with Gasteiger partial charge in [0.05, 0.1) is 32.8 Å². The standard InChI is InChI=1S/C24H48N2O4P/c1-8-9-10-11-12-13-14-15-16-17-18-26(6,7)20-23-19-24(25-28-23)31(27,29-21(2)3)30-22(4)5/h19,21-22H,8-18,20H2,1-7H3/q+1. The Morgan fingerprint density at radius 3 is 1.87 bits per heavy atom. The number of rotatable bonds is 18. The van der Waals surface area contributed by atoms with Gasteiger partial charge in [0, 0.05) is 6.07 Å². The van der Waals surface area contributed by atoms with Crippen molar-refractivity contribution in [3.63, 3.8) is 0 Å². The summed E-state index contributed by atoms with van der Waals surface area (Å²) in [5.41, 5.74) is 0.267. The molecule has 1 rings (SSSR count). The van der Waals surface area contributed by atoms with E-state index in [0.717, 1.165) is 11.0 Å². The van der Waals surface area contributed by atoms with E-state index in [9.17, 15) is 4.57 Å². The third kappa shape index (κ3) is 12.2. The minimum Gasteiger partial charge on any atom is -0.354 e. The maximum Gasteiger partial charge on any atom is 0.383 e. The van der Waals surface area contributed by atoms with Crippen LogP contribution in [0.25, 0.3) is 0 Å². The fourth-order valence-corrected chi connectivity index (χ4v) is 5.54. The number of nitrogens with zero attached hydrogens (tertiary/aromatic N) is 2. The molecule has 0 unspecified atom stereocenters. The molecule has 0 amide bonds. The first-order valence-corrected chi connectivity index (χ1v) is 13.9. The highest BCUT2D eigenvalue weighted by Crippen LogP contribution is 2.49. The molecular weight excluding hydrogens is 411 g/mol. The average molecular weight is 460 g/mol. The van der Waals surface area contributed by atoms with Gasteiger partial charge in [-0.25, -0.2) is 0 Å². The lowest BCUT2D eigenvalue weighted by atomic mass is 10.1. The highest BCUT2D eigenvalue weighted by Gasteiger charge is 2.35. The van der Waals surface area contributed by atoms with Gasteiger partial charge in [-0.1, -0.05) is 63.4 Å². The minimum absolute atomic E-state index is 0.228. The third-order valence-corrected chi connectivity index (χ3v) is 7.40. The summed E-state index contributed by atoms with van der Waals surface area (Å²) in [5.74, 6) is 0.715. The second kappa shape index (κ2) is 14.5. The van der Waals surface area contributed by atoms with Gasteiger partial charge < -0.3 is 18.1 Å². The molecule has 1 heterocycles. The molecule has 0 bridgehead atoms. The lowest BCUT2D eigenvalue weighted by Crippen LogP contribution is -2.39. The first-order chi connectivity index (χ1) is 14.6. The van der Waals surface area contributed by atoms with E-state index in [-0.39, 0.29) is 17.6 Å². The zero-order valence-electron chi connectivity index (χ0n) is 21.2. The molecule has 0 saturated heterocycles. The predicted molar refractivity (Wildman–Crippen MR) is 129 cm³/mol. The van der Waals surface area contributed by atoms with Gasteiger partial charge in [0.25, 0.3) is 0 Å². The molecule has 1 aromatic rings. The van der Waals surface area contributed by atoms with Crippen LogP contribution >= 0.6 is 7.60 Å². The fourth-order valence-electron chi connectivity index (χ4n) is 3.72. The number of hydrogen-bond donors (Lipinski definition) is 0. The van der Waals surface area contributed by atoms with Gasteiger partial charge in [-0.05, 0) is 40.5 Å². The van der Waals surface area contributed by atoms with E-state index in [1.54, 1.807) is 6.07 Å². The van der Waals surface area contributed by atoms with Crippen molar-refractivity contribution in [1.29, 1.82) is 0 Å². The van der Waals surface area contributed by atoms with Gasteiger partial charge in [-0.2, -0.15) is 0 Å². The molecule has 31 heavy (non-hydrogen) atoms. The average Bonchev–Trinajstić information content (AvgIpc) is 3.10. The Bertz CT molecular complexity index is 629. The molecule has 0 saturated carbocycles. The van der Waals surface area contributed by atoms with Crippen LogP contribution in [0.1, 0.15) is 105 Å². The van der Waals surface area contributed by atoms with Crippen molar-refractivity contribution in [2.45, 2.75) is 118 Å². The summed E-state index contributed by atoms with van der Waals surface area (Å²) >= 11 is 0. The summed E-state index contributed by atoms with van der Waals surface area (Å²) < 4.78 is 30.8. The smallest absolute Gasteiger partial charge is 0.354 e. The van der Waals surface area contributed by atoms with Crippen molar-refractivity contribution < 1.29 is 22.6 Å². The molecule has 0 atom stereocenters. The number of quaternary nitrogens is 1. The SMILES string of the molecule is CCCCCCCCCCCC[N+](C)(C)Cc1cc(P(=O)(OC(C)C)OC(C)C)no1. The van der Waals surface area contributed by atoms with Crippen LogP contribution < -0.4 is 5.44 Å². The Labute approximate surface area is 191 Å². The van der Waals surface area contributed by atoms with Crippen LogP contribution in [-0.2, 0) is 20.2 Å². The van der Waals surface area contributed by atoms with E-state index < -0.39 is 7.60 Å². The second-order valence-electron chi connectivity index (χ2n) is 9.96. The molecule has 0 aromatic carbocycles. The van der Waals surface area contributed by atoms with E-state index in [1.165, 1.54) is 64.2 Å². The van der Waals surface area contributed by atoms with Crippen LogP contribution in [-0.4, -0.2) is 42.5 Å². The number of aromatic nitrogens is 1. The molecule has 182 valence electrons. The van der Waals surface area contributed by atoms with Crippen LogP contribution in [0.3, 0.4) is 0 Å². The number of unbranched alkanes of at least 4 members (excludes halogenated alkanes) is 9. The fraction of sp³-hybridized carbons (Fsp3) is 0.875. The van der Waals surface area contributed by atoms with Gasteiger partial charge in [0.15, 0.2) is 11.2 Å². The van der Waals surface area contributed by atoms with Gasteiger partial charge in [-0.15, -0.1) is 0 Å². The summed E-state index contributed by atoms with van der Waals surface area (Å²) in [5, 5.41) is 4.04.